The molecule has 1 saturated heterocycles. The lowest BCUT2D eigenvalue weighted by Crippen LogP contribution is -2.46. The molecule has 1 aliphatic rings. The van der Waals surface area contributed by atoms with Gasteiger partial charge in [0.05, 0.1) is 11.7 Å². The molecule has 0 aliphatic carbocycles. The highest BCUT2D eigenvalue weighted by Gasteiger charge is 2.25. The lowest BCUT2D eigenvalue weighted by molar-refractivity contribution is -0.0772. The van der Waals surface area contributed by atoms with E-state index in [1.54, 1.807) is 0 Å². The Bertz CT molecular complexity index is 243. The first-order chi connectivity index (χ1) is 7.46. The zero-order chi connectivity index (χ0) is 12.2. The summed E-state index contributed by atoms with van der Waals surface area (Å²) >= 11 is 0. The van der Waals surface area contributed by atoms with Crippen molar-refractivity contribution in [1.29, 1.82) is 0 Å². The number of rotatable bonds is 1. The van der Waals surface area contributed by atoms with Gasteiger partial charge in [0, 0.05) is 27.2 Å². The molecule has 0 spiro atoms. The fraction of sp³-hybridized carbons (Fsp3) is 0.917. The molecule has 1 fully saturated rings. The molecule has 4 nitrogen and oxygen atoms in total. The fourth-order valence-corrected chi connectivity index (χ4v) is 2.10. The largest absolute Gasteiger partial charge is 0.372 e. The molecule has 0 aromatic heterocycles. The lowest BCUT2D eigenvalue weighted by atomic mass is 10.1. The van der Waals surface area contributed by atoms with Crippen molar-refractivity contribution in [3.63, 3.8) is 0 Å². The van der Waals surface area contributed by atoms with Crippen LogP contribution in [0.5, 0.6) is 0 Å². The Kier molecular flexibility index (Phi) is 7.39. The van der Waals surface area contributed by atoms with Gasteiger partial charge in [0.1, 0.15) is 0 Å². The van der Waals surface area contributed by atoms with Crippen LogP contribution in [-0.4, -0.2) is 49.7 Å². The molecular formula is C12H26IN3O. The van der Waals surface area contributed by atoms with Crippen LogP contribution in [0.4, 0.5) is 0 Å². The second-order valence-electron chi connectivity index (χ2n) is 5.21. The molecule has 0 amide bonds. The van der Waals surface area contributed by atoms with Crippen molar-refractivity contribution in [3.05, 3.63) is 0 Å². The molecule has 1 N–H and O–H groups in total. The summed E-state index contributed by atoms with van der Waals surface area (Å²) in [5.74, 6) is 0.981. The van der Waals surface area contributed by atoms with Crippen molar-refractivity contribution in [2.45, 2.75) is 45.3 Å². The molecule has 102 valence electrons. The summed E-state index contributed by atoms with van der Waals surface area (Å²) in [6.45, 7) is 8.40. The minimum Gasteiger partial charge on any atom is -0.372 e. The van der Waals surface area contributed by atoms with E-state index in [1.165, 1.54) is 0 Å². The number of guanidine groups is 1. The fourth-order valence-electron chi connectivity index (χ4n) is 2.10. The minimum atomic E-state index is -0.0302. The van der Waals surface area contributed by atoms with E-state index in [0.717, 1.165) is 31.9 Å². The van der Waals surface area contributed by atoms with Gasteiger partial charge >= 0.3 is 0 Å². The van der Waals surface area contributed by atoms with Crippen molar-refractivity contribution in [2.24, 2.45) is 4.99 Å². The van der Waals surface area contributed by atoms with E-state index in [0.29, 0.717) is 6.10 Å². The molecule has 0 aromatic carbocycles. The van der Waals surface area contributed by atoms with Crippen molar-refractivity contribution in [3.8, 4) is 0 Å². The molecule has 0 bridgehead atoms. The Morgan fingerprint density at radius 3 is 2.18 bits per heavy atom. The van der Waals surface area contributed by atoms with Gasteiger partial charge in [-0.2, -0.15) is 0 Å². The van der Waals surface area contributed by atoms with E-state index in [4.69, 9.17) is 4.74 Å². The summed E-state index contributed by atoms with van der Waals surface area (Å²) in [7, 11) is 3.74. The zero-order valence-electron chi connectivity index (χ0n) is 11.6. The Morgan fingerprint density at radius 1 is 1.29 bits per heavy atom. The summed E-state index contributed by atoms with van der Waals surface area (Å²) in [6.07, 6.45) is 2.56. The maximum atomic E-state index is 5.99. The molecule has 0 saturated carbocycles. The van der Waals surface area contributed by atoms with E-state index in [2.05, 4.69) is 36.0 Å². The summed E-state index contributed by atoms with van der Waals surface area (Å²) in [6, 6.07) is 0. The molecule has 0 radical (unpaired) electrons. The van der Waals surface area contributed by atoms with Crippen molar-refractivity contribution >= 4 is 29.9 Å². The third-order valence-corrected chi connectivity index (χ3v) is 2.70. The van der Waals surface area contributed by atoms with Crippen LogP contribution in [-0.2, 0) is 4.74 Å². The molecule has 1 aliphatic heterocycles. The van der Waals surface area contributed by atoms with Crippen LogP contribution in [0.25, 0.3) is 0 Å². The topological polar surface area (TPSA) is 36.9 Å². The first-order valence-corrected chi connectivity index (χ1v) is 6.03. The molecule has 0 aromatic rings. The smallest absolute Gasteiger partial charge is 0.193 e. The summed E-state index contributed by atoms with van der Waals surface area (Å²) in [5, 5.41) is 3.12. The number of aliphatic imine (C=N–C) groups is 1. The number of likely N-dealkylation sites (tertiary alicyclic amines) is 1. The zero-order valence-corrected chi connectivity index (χ0v) is 13.9. The van der Waals surface area contributed by atoms with Crippen LogP contribution < -0.4 is 5.32 Å². The van der Waals surface area contributed by atoms with E-state index >= 15 is 0 Å². The van der Waals surface area contributed by atoms with Gasteiger partial charge in [-0.15, -0.1) is 24.0 Å². The van der Waals surface area contributed by atoms with Crippen molar-refractivity contribution < 1.29 is 4.74 Å². The quantitative estimate of drug-likeness (QED) is 0.445. The van der Waals surface area contributed by atoms with Gasteiger partial charge in [-0.3, -0.25) is 4.99 Å². The second kappa shape index (κ2) is 7.41. The number of nitrogens with one attached hydrogen (secondary N) is 1. The van der Waals surface area contributed by atoms with Gasteiger partial charge in [-0.05, 0) is 33.6 Å². The van der Waals surface area contributed by atoms with Gasteiger partial charge in [0.25, 0.3) is 0 Å². The van der Waals surface area contributed by atoms with Gasteiger partial charge in [0.2, 0.25) is 0 Å². The average Bonchev–Trinajstić information content (AvgIpc) is 2.20. The first kappa shape index (κ1) is 17.0. The maximum Gasteiger partial charge on any atom is 0.193 e. The summed E-state index contributed by atoms with van der Waals surface area (Å²) in [4.78, 5) is 6.50. The Morgan fingerprint density at radius 2 is 1.82 bits per heavy atom. The van der Waals surface area contributed by atoms with Crippen LogP contribution in [0.3, 0.4) is 0 Å². The predicted molar refractivity (Wildman–Crippen MR) is 83.3 cm³/mol. The van der Waals surface area contributed by atoms with Crippen LogP contribution in [0.2, 0.25) is 0 Å². The number of hydrogen-bond donors (Lipinski definition) is 1. The molecular weight excluding hydrogens is 329 g/mol. The number of ether oxygens (including phenoxy) is 1. The molecule has 17 heavy (non-hydrogen) atoms. The van der Waals surface area contributed by atoms with Gasteiger partial charge in [0.15, 0.2) is 5.96 Å². The Hall–Kier alpha value is -0.0400. The predicted octanol–water partition coefficient (Wildman–Crippen LogP) is 2.09. The average molecular weight is 355 g/mol. The second-order valence-corrected chi connectivity index (χ2v) is 5.21. The molecule has 5 heteroatoms. The van der Waals surface area contributed by atoms with Gasteiger partial charge < -0.3 is 15.0 Å². The first-order valence-electron chi connectivity index (χ1n) is 6.03. The van der Waals surface area contributed by atoms with Gasteiger partial charge in [-0.1, -0.05) is 0 Å². The highest BCUT2D eigenvalue weighted by molar-refractivity contribution is 14.0. The molecule has 1 heterocycles. The number of nitrogens with zero attached hydrogens (tertiary/aromatic N) is 2. The molecule has 0 atom stereocenters. The molecule has 1 rings (SSSR count). The Labute approximate surface area is 122 Å². The van der Waals surface area contributed by atoms with E-state index < -0.39 is 0 Å². The third-order valence-electron chi connectivity index (χ3n) is 2.70. The normalized spacial score (nSPS) is 18.9. The number of hydrogen-bond acceptors (Lipinski definition) is 2. The minimum absolute atomic E-state index is 0. The van der Waals surface area contributed by atoms with Crippen LogP contribution >= 0.6 is 24.0 Å². The van der Waals surface area contributed by atoms with Crippen molar-refractivity contribution in [1.82, 2.24) is 10.2 Å². The van der Waals surface area contributed by atoms with E-state index in [1.807, 2.05) is 14.1 Å². The van der Waals surface area contributed by atoms with Crippen LogP contribution in [0.1, 0.15) is 33.6 Å². The maximum absolute atomic E-state index is 5.99. The van der Waals surface area contributed by atoms with Crippen molar-refractivity contribution in [2.75, 3.05) is 27.2 Å². The standard InChI is InChI=1S/C12H25N3O.HI/c1-12(2,3)16-10-6-8-15(9-7-10)11(13-4)14-5;/h10H,6-9H2,1-5H3,(H,13,14);1H. The summed E-state index contributed by atoms with van der Waals surface area (Å²) < 4.78 is 5.99. The Balaban J connectivity index is 0.00000256. The molecule has 0 unspecified atom stereocenters. The SMILES string of the molecule is CN=C(NC)N1CCC(OC(C)(C)C)CC1.I. The lowest BCUT2D eigenvalue weighted by Gasteiger charge is -2.36. The van der Waals surface area contributed by atoms with E-state index in [-0.39, 0.29) is 29.6 Å². The number of piperidine rings is 1. The highest BCUT2D eigenvalue weighted by Crippen LogP contribution is 2.19. The van der Waals surface area contributed by atoms with Crippen LogP contribution in [0.15, 0.2) is 4.99 Å². The van der Waals surface area contributed by atoms with Crippen LogP contribution in [0, 0.1) is 0 Å². The third kappa shape index (κ3) is 5.90. The van der Waals surface area contributed by atoms with Gasteiger partial charge in [-0.25, -0.2) is 0 Å². The highest BCUT2D eigenvalue weighted by atomic mass is 127. The number of halogens is 1. The summed E-state index contributed by atoms with van der Waals surface area (Å²) in [5.41, 5.74) is -0.0302. The van der Waals surface area contributed by atoms with E-state index in [9.17, 15) is 0 Å². The monoisotopic (exact) mass is 355 g/mol.